The lowest BCUT2D eigenvalue weighted by Gasteiger charge is -2.43. The predicted molar refractivity (Wildman–Crippen MR) is 74.2 cm³/mol. The van der Waals surface area contributed by atoms with Crippen LogP contribution >= 0.6 is 0 Å². The van der Waals surface area contributed by atoms with Crippen molar-refractivity contribution in [3.05, 3.63) is 18.0 Å². The standard InChI is InChI=1S/C13H21N5O2/c1-9-7-13(8-9,11(14)17-20)12(19)15-5-3-10-4-6-16-18(10)2/h4,6,9,20H,3,5,7-8H2,1-2H3,(H2,14,17)(H,15,19). The van der Waals surface area contributed by atoms with Crippen LogP contribution in [0.5, 0.6) is 0 Å². The number of oxime groups is 1. The molecule has 110 valence electrons. The van der Waals surface area contributed by atoms with E-state index in [0.29, 0.717) is 31.7 Å². The first-order chi connectivity index (χ1) is 9.49. The molecule has 0 aliphatic heterocycles. The van der Waals surface area contributed by atoms with Crippen LogP contribution in [-0.4, -0.2) is 33.3 Å². The van der Waals surface area contributed by atoms with E-state index in [1.807, 2.05) is 20.0 Å². The van der Waals surface area contributed by atoms with Crippen LogP contribution in [-0.2, 0) is 18.3 Å². The summed E-state index contributed by atoms with van der Waals surface area (Å²) in [6.07, 6.45) is 3.67. The second-order valence-electron chi connectivity index (χ2n) is 5.53. The maximum atomic E-state index is 12.3. The van der Waals surface area contributed by atoms with Crippen LogP contribution in [0.3, 0.4) is 0 Å². The van der Waals surface area contributed by atoms with E-state index in [2.05, 4.69) is 15.6 Å². The number of amidine groups is 1. The van der Waals surface area contributed by atoms with Gasteiger partial charge in [-0.25, -0.2) is 0 Å². The fourth-order valence-electron chi connectivity index (χ4n) is 2.86. The molecule has 7 heteroatoms. The molecule has 2 rings (SSSR count). The highest BCUT2D eigenvalue weighted by molar-refractivity contribution is 6.07. The summed E-state index contributed by atoms with van der Waals surface area (Å²) >= 11 is 0. The first-order valence-corrected chi connectivity index (χ1v) is 6.73. The van der Waals surface area contributed by atoms with Crippen LogP contribution in [0.4, 0.5) is 0 Å². The van der Waals surface area contributed by atoms with Crippen molar-refractivity contribution in [2.45, 2.75) is 26.2 Å². The third-order valence-electron chi connectivity index (χ3n) is 4.02. The molecule has 1 fully saturated rings. The molecule has 0 spiro atoms. The molecule has 1 aliphatic rings. The van der Waals surface area contributed by atoms with Crippen LogP contribution in [0.1, 0.15) is 25.5 Å². The Morgan fingerprint density at radius 3 is 2.90 bits per heavy atom. The van der Waals surface area contributed by atoms with Crippen molar-refractivity contribution in [2.75, 3.05) is 6.54 Å². The number of nitrogens with zero attached hydrogens (tertiary/aromatic N) is 3. The number of hydrogen-bond donors (Lipinski definition) is 3. The molecule has 0 aromatic carbocycles. The molecule has 1 aromatic heterocycles. The van der Waals surface area contributed by atoms with E-state index in [9.17, 15) is 4.79 Å². The van der Waals surface area contributed by atoms with Crippen molar-refractivity contribution >= 4 is 11.7 Å². The van der Waals surface area contributed by atoms with Gasteiger partial charge in [-0.05, 0) is 24.8 Å². The van der Waals surface area contributed by atoms with Gasteiger partial charge in [0.1, 0.15) is 5.41 Å². The Bertz CT molecular complexity index is 517. The lowest BCUT2D eigenvalue weighted by atomic mass is 9.61. The molecule has 0 unspecified atom stereocenters. The Morgan fingerprint density at radius 2 is 2.40 bits per heavy atom. The zero-order valence-electron chi connectivity index (χ0n) is 11.8. The summed E-state index contributed by atoms with van der Waals surface area (Å²) in [5, 5.41) is 18.8. The second kappa shape index (κ2) is 5.52. The minimum atomic E-state index is -0.833. The minimum absolute atomic E-state index is 0.00799. The lowest BCUT2D eigenvalue weighted by molar-refractivity contribution is -0.133. The van der Waals surface area contributed by atoms with Gasteiger partial charge in [-0.15, -0.1) is 0 Å². The number of carbonyl (C=O) groups is 1. The number of amides is 1. The monoisotopic (exact) mass is 279 g/mol. The number of hydrogen-bond acceptors (Lipinski definition) is 4. The van der Waals surface area contributed by atoms with Crippen LogP contribution in [0, 0.1) is 11.3 Å². The molecule has 0 radical (unpaired) electrons. The molecular formula is C13H21N5O2. The lowest BCUT2D eigenvalue weighted by Crippen LogP contribution is -2.57. The smallest absolute Gasteiger partial charge is 0.233 e. The van der Waals surface area contributed by atoms with Crippen LogP contribution in [0.15, 0.2) is 17.4 Å². The van der Waals surface area contributed by atoms with E-state index in [1.54, 1.807) is 10.9 Å². The van der Waals surface area contributed by atoms with Gasteiger partial charge in [0.25, 0.3) is 0 Å². The predicted octanol–water partition coefficient (Wildman–Crippen LogP) is 0.242. The van der Waals surface area contributed by atoms with Crippen LogP contribution in [0.2, 0.25) is 0 Å². The van der Waals surface area contributed by atoms with E-state index in [0.717, 1.165) is 5.69 Å². The summed E-state index contributed by atoms with van der Waals surface area (Å²) in [6, 6.07) is 1.91. The fourth-order valence-corrected chi connectivity index (χ4v) is 2.86. The van der Waals surface area contributed by atoms with Gasteiger partial charge in [-0.1, -0.05) is 12.1 Å². The molecule has 1 heterocycles. The first kappa shape index (κ1) is 14.4. The third-order valence-corrected chi connectivity index (χ3v) is 4.02. The molecule has 1 amide bonds. The molecule has 0 atom stereocenters. The molecular weight excluding hydrogens is 258 g/mol. The maximum Gasteiger partial charge on any atom is 0.233 e. The maximum absolute atomic E-state index is 12.3. The van der Waals surface area contributed by atoms with E-state index < -0.39 is 5.41 Å². The molecule has 1 aliphatic carbocycles. The summed E-state index contributed by atoms with van der Waals surface area (Å²) in [7, 11) is 1.86. The summed E-state index contributed by atoms with van der Waals surface area (Å²) in [4.78, 5) is 12.3. The first-order valence-electron chi connectivity index (χ1n) is 6.73. The number of rotatable bonds is 5. The zero-order valence-corrected chi connectivity index (χ0v) is 11.8. The fraction of sp³-hybridized carbons (Fsp3) is 0.615. The van der Waals surface area contributed by atoms with E-state index in [1.165, 1.54) is 0 Å². The number of carbonyl (C=O) groups excluding carboxylic acids is 1. The van der Waals surface area contributed by atoms with Gasteiger partial charge in [-0.2, -0.15) is 5.10 Å². The Balaban J connectivity index is 1.92. The van der Waals surface area contributed by atoms with Gasteiger partial charge < -0.3 is 16.3 Å². The van der Waals surface area contributed by atoms with Gasteiger partial charge in [0.05, 0.1) is 0 Å². The number of nitrogens with two attached hydrogens (primary N) is 1. The number of nitrogens with one attached hydrogen (secondary N) is 1. The number of aryl methyl sites for hydroxylation is 1. The molecule has 0 bridgehead atoms. The largest absolute Gasteiger partial charge is 0.409 e. The highest BCUT2D eigenvalue weighted by Gasteiger charge is 2.51. The summed E-state index contributed by atoms with van der Waals surface area (Å²) in [5.74, 6) is 0.264. The average Bonchev–Trinajstić information content (AvgIpc) is 2.79. The van der Waals surface area contributed by atoms with E-state index in [-0.39, 0.29) is 11.7 Å². The second-order valence-corrected chi connectivity index (χ2v) is 5.53. The van der Waals surface area contributed by atoms with Crippen molar-refractivity contribution in [3.8, 4) is 0 Å². The molecule has 7 nitrogen and oxygen atoms in total. The Morgan fingerprint density at radius 1 is 1.70 bits per heavy atom. The van der Waals surface area contributed by atoms with Crippen LogP contribution in [0.25, 0.3) is 0 Å². The van der Waals surface area contributed by atoms with Crippen molar-refractivity contribution in [2.24, 2.45) is 29.3 Å². The average molecular weight is 279 g/mol. The van der Waals surface area contributed by atoms with Crippen molar-refractivity contribution < 1.29 is 10.0 Å². The highest BCUT2D eigenvalue weighted by atomic mass is 16.4. The minimum Gasteiger partial charge on any atom is -0.409 e. The Labute approximate surface area is 117 Å². The van der Waals surface area contributed by atoms with Gasteiger partial charge in [0, 0.05) is 31.9 Å². The van der Waals surface area contributed by atoms with E-state index in [4.69, 9.17) is 10.9 Å². The quantitative estimate of drug-likeness (QED) is 0.311. The highest BCUT2D eigenvalue weighted by Crippen LogP contribution is 2.45. The van der Waals surface area contributed by atoms with Crippen molar-refractivity contribution in [3.63, 3.8) is 0 Å². The van der Waals surface area contributed by atoms with Gasteiger partial charge in [0.15, 0.2) is 5.84 Å². The topological polar surface area (TPSA) is 106 Å². The van der Waals surface area contributed by atoms with Crippen molar-refractivity contribution in [1.29, 1.82) is 0 Å². The molecule has 20 heavy (non-hydrogen) atoms. The molecule has 1 aromatic rings. The third kappa shape index (κ3) is 2.48. The van der Waals surface area contributed by atoms with Crippen molar-refractivity contribution in [1.82, 2.24) is 15.1 Å². The van der Waals surface area contributed by atoms with E-state index >= 15 is 0 Å². The summed E-state index contributed by atoms with van der Waals surface area (Å²) < 4.78 is 1.77. The Kier molecular flexibility index (Phi) is 3.96. The summed E-state index contributed by atoms with van der Waals surface area (Å²) in [5.41, 5.74) is 5.91. The van der Waals surface area contributed by atoms with Gasteiger partial charge in [0.2, 0.25) is 5.91 Å². The molecule has 1 saturated carbocycles. The molecule has 0 saturated heterocycles. The SMILES string of the molecule is CC1CC(C(=O)NCCc2ccnn2C)(C(N)=NO)C1. The zero-order chi connectivity index (χ0) is 14.8. The van der Waals surface area contributed by atoms with Crippen LogP contribution < -0.4 is 11.1 Å². The normalized spacial score (nSPS) is 26.1. The van der Waals surface area contributed by atoms with Gasteiger partial charge >= 0.3 is 0 Å². The number of aromatic nitrogens is 2. The molecule has 4 N–H and O–H groups in total. The van der Waals surface area contributed by atoms with Gasteiger partial charge in [-0.3, -0.25) is 9.48 Å². The summed E-state index contributed by atoms with van der Waals surface area (Å²) in [6.45, 7) is 2.55. The Hall–Kier alpha value is -2.05.